The third-order valence-electron chi connectivity index (χ3n) is 2.65. The number of hydrogen-bond donors (Lipinski definition) is 2. The number of carbonyl (C=O) groups is 1. The second-order valence-corrected chi connectivity index (χ2v) is 5.79. The summed E-state index contributed by atoms with van der Waals surface area (Å²) < 4.78 is 26.6. The van der Waals surface area contributed by atoms with Crippen LogP contribution in [0, 0.1) is 6.92 Å². The van der Waals surface area contributed by atoms with Gasteiger partial charge in [0, 0.05) is 6.20 Å². The number of carboxylic acid groups (broad SMARTS) is 1. The van der Waals surface area contributed by atoms with Gasteiger partial charge in [-0.2, -0.15) is 0 Å². The van der Waals surface area contributed by atoms with Crippen molar-refractivity contribution in [2.75, 3.05) is 4.72 Å². The number of rotatable bonds is 4. The number of pyridine rings is 1. The Hall–Kier alpha value is -2.41. The Morgan fingerprint density at radius 2 is 1.85 bits per heavy atom. The van der Waals surface area contributed by atoms with Gasteiger partial charge < -0.3 is 5.11 Å². The summed E-state index contributed by atoms with van der Waals surface area (Å²) in [6.07, 6.45) is 1.48. The number of anilines is 1. The van der Waals surface area contributed by atoms with Gasteiger partial charge in [-0.1, -0.05) is 6.07 Å². The third kappa shape index (κ3) is 2.94. The first-order chi connectivity index (χ1) is 9.40. The van der Waals surface area contributed by atoms with Crippen molar-refractivity contribution in [3.8, 4) is 0 Å². The zero-order chi connectivity index (χ0) is 14.8. The molecular formula is C13H12N2O4S. The minimum atomic E-state index is -3.78. The van der Waals surface area contributed by atoms with Crippen LogP contribution in [0.4, 0.5) is 5.82 Å². The topological polar surface area (TPSA) is 96.4 Å². The molecule has 0 aliphatic carbocycles. The van der Waals surface area contributed by atoms with Crippen molar-refractivity contribution in [1.29, 1.82) is 0 Å². The number of benzene rings is 1. The standard InChI is InChI=1S/C13H12N2O4S/c1-9-3-2-8-14-12(9)15-20(18,19)11-6-4-10(5-7-11)13(16)17/h2-8H,1H3,(H,14,15)(H,16,17). The summed E-state index contributed by atoms with van der Waals surface area (Å²) in [6, 6.07) is 8.39. The van der Waals surface area contributed by atoms with Crippen LogP contribution in [0.5, 0.6) is 0 Å². The van der Waals surface area contributed by atoms with Gasteiger partial charge >= 0.3 is 5.97 Å². The smallest absolute Gasteiger partial charge is 0.335 e. The molecule has 104 valence electrons. The molecule has 0 saturated heterocycles. The first-order valence-corrected chi connectivity index (χ1v) is 7.16. The number of carboxylic acids is 1. The van der Waals surface area contributed by atoms with Crippen LogP contribution < -0.4 is 4.72 Å². The maximum Gasteiger partial charge on any atom is 0.335 e. The number of nitrogens with zero attached hydrogens (tertiary/aromatic N) is 1. The predicted octanol–water partition coefficient (Wildman–Crippen LogP) is 1.89. The monoisotopic (exact) mass is 292 g/mol. The highest BCUT2D eigenvalue weighted by Crippen LogP contribution is 2.17. The number of nitrogens with one attached hydrogen (secondary N) is 1. The van der Waals surface area contributed by atoms with E-state index in [1.54, 1.807) is 19.1 Å². The van der Waals surface area contributed by atoms with Gasteiger partial charge in [-0.05, 0) is 42.8 Å². The lowest BCUT2D eigenvalue weighted by molar-refractivity contribution is 0.0697. The van der Waals surface area contributed by atoms with Gasteiger partial charge in [0.25, 0.3) is 10.0 Å². The molecule has 0 fully saturated rings. The molecule has 7 heteroatoms. The number of sulfonamides is 1. The molecular weight excluding hydrogens is 280 g/mol. The van der Waals surface area contributed by atoms with Crippen molar-refractivity contribution in [3.05, 3.63) is 53.7 Å². The molecule has 0 bridgehead atoms. The zero-order valence-corrected chi connectivity index (χ0v) is 11.4. The van der Waals surface area contributed by atoms with Crippen molar-refractivity contribution in [2.24, 2.45) is 0 Å². The van der Waals surface area contributed by atoms with E-state index in [1.807, 2.05) is 0 Å². The molecule has 1 heterocycles. The van der Waals surface area contributed by atoms with Gasteiger partial charge in [-0.25, -0.2) is 18.2 Å². The van der Waals surface area contributed by atoms with Crippen LogP contribution in [0.2, 0.25) is 0 Å². The molecule has 0 amide bonds. The summed E-state index contributed by atoms with van der Waals surface area (Å²) in [5.74, 6) is -0.864. The highest BCUT2D eigenvalue weighted by atomic mass is 32.2. The Morgan fingerprint density at radius 1 is 1.20 bits per heavy atom. The Bertz CT molecular complexity index is 739. The summed E-state index contributed by atoms with van der Waals surface area (Å²) in [5.41, 5.74) is 0.719. The lowest BCUT2D eigenvalue weighted by Crippen LogP contribution is -2.15. The molecule has 2 aromatic rings. The molecule has 2 N–H and O–H groups in total. The predicted molar refractivity (Wildman–Crippen MR) is 73.2 cm³/mol. The molecule has 0 aliphatic rings. The first kappa shape index (κ1) is 14.0. The summed E-state index contributed by atoms with van der Waals surface area (Å²) in [6.45, 7) is 1.73. The van der Waals surface area contributed by atoms with E-state index < -0.39 is 16.0 Å². The summed E-state index contributed by atoms with van der Waals surface area (Å²) in [4.78, 5) is 14.7. The molecule has 2 rings (SSSR count). The fourth-order valence-corrected chi connectivity index (χ4v) is 2.64. The zero-order valence-electron chi connectivity index (χ0n) is 10.6. The maximum absolute atomic E-state index is 12.1. The molecule has 0 saturated carbocycles. The van der Waals surface area contributed by atoms with E-state index in [0.717, 1.165) is 0 Å². The van der Waals surface area contributed by atoms with Crippen LogP contribution >= 0.6 is 0 Å². The molecule has 1 aromatic carbocycles. The number of aryl methyl sites for hydroxylation is 1. The van der Waals surface area contributed by atoms with Crippen molar-refractivity contribution in [3.63, 3.8) is 0 Å². The van der Waals surface area contributed by atoms with Gasteiger partial charge in [0.05, 0.1) is 10.5 Å². The minimum absolute atomic E-state index is 0.0208. The van der Waals surface area contributed by atoms with Crippen LogP contribution in [0.1, 0.15) is 15.9 Å². The first-order valence-electron chi connectivity index (χ1n) is 5.68. The lowest BCUT2D eigenvalue weighted by atomic mass is 10.2. The Morgan fingerprint density at radius 3 is 2.40 bits per heavy atom. The number of aromatic carboxylic acids is 1. The van der Waals surface area contributed by atoms with E-state index in [4.69, 9.17) is 5.11 Å². The van der Waals surface area contributed by atoms with Gasteiger partial charge in [0.1, 0.15) is 5.82 Å². The van der Waals surface area contributed by atoms with E-state index in [0.29, 0.717) is 5.56 Å². The molecule has 6 nitrogen and oxygen atoms in total. The van der Waals surface area contributed by atoms with Crippen molar-refractivity contribution < 1.29 is 18.3 Å². The third-order valence-corrected chi connectivity index (χ3v) is 4.01. The molecule has 0 aliphatic heterocycles. The molecule has 0 spiro atoms. The van der Waals surface area contributed by atoms with Crippen molar-refractivity contribution in [1.82, 2.24) is 4.98 Å². The van der Waals surface area contributed by atoms with Crippen molar-refractivity contribution in [2.45, 2.75) is 11.8 Å². The Labute approximate surface area is 116 Å². The number of hydrogen-bond acceptors (Lipinski definition) is 4. The highest BCUT2D eigenvalue weighted by Gasteiger charge is 2.16. The lowest BCUT2D eigenvalue weighted by Gasteiger charge is -2.09. The van der Waals surface area contributed by atoms with E-state index in [2.05, 4.69) is 9.71 Å². The van der Waals surface area contributed by atoms with E-state index in [1.165, 1.54) is 30.5 Å². The van der Waals surface area contributed by atoms with Gasteiger partial charge in [-0.3, -0.25) is 4.72 Å². The van der Waals surface area contributed by atoms with Crippen LogP contribution in [-0.2, 0) is 10.0 Å². The Balaban J connectivity index is 2.31. The highest BCUT2D eigenvalue weighted by molar-refractivity contribution is 7.92. The second kappa shape index (κ2) is 5.30. The van der Waals surface area contributed by atoms with Crippen LogP contribution in [0.25, 0.3) is 0 Å². The van der Waals surface area contributed by atoms with Crippen LogP contribution in [0.15, 0.2) is 47.5 Å². The molecule has 0 radical (unpaired) electrons. The normalized spacial score (nSPS) is 11.1. The molecule has 0 atom stereocenters. The average Bonchev–Trinajstić information content (AvgIpc) is 2.41. The van der Waals surface area contributed by atoms with Crippen molar-refractivity contribution >= 4 is 21.8 Å². The maximum atomic E-state index is 12.1. The van der Waals surface area contributed by atoms with Crippen LogP contribution in [0.3, 0.4) is 0 Å². The molecule has 0 unspecified atom stereocenters. The summed E-state index contributed by atoms with van der Waals surface area (Å²) >= 11 is 0. The fraction of sp³-hybridized carbons (Fsp3) is 0.0769. The van der Waals surface area contributed by atoms with E-state index in [-0.39, 0.29) is 16.3 Å². The van der Waals surface area contributed by atoms with Gasteiger partial charge in [-0.15, -0.1) is 0 Å². The Kier molecular flexibility index (Phi) is 3.71. The average molecular weight is 292 g/mol. The van der Waals surface area contributed by atoms with Gasteiger partial charge in [0.15, 0.2) is 0 Å². The van der Waals surface area contributed by atoms with E-state index >= 15 is 0 Å². The van der Waals surface area contributed by atoms with Gasteiger partial charge in [0.2, 0.25) is 0 Å². The largest absolute Gasteiger partial charge is 0.478 e. The SMILES string of the molecule is Cc1cccnc1NS(=O)(=O)c1ccc(C(=O)O)cc1. The quantitative estimate of drug-likeness (QED) is 0.897. The summed E-state index contributed by atoms with van der Waals surface area (Å²) in [7, 11) is -3.78. The fourth-order valence-electron chi connectivity index (χ4n) is 1.56. The number of aromatic nitrogens is 1. The molecule has 1 aromatic heterocycles. The van der Waals surface area contributed by atoms with E-state index in [9.17, 15) is 13.2 Å². The molecule has 20 heavy (non-hydrogen) atoms. The second-order valence-electron chi connectivity index (χ2n) is 4.10. The minimum Gasteiger partial charge on any atom is -0.478 e. The summed E-state index contributed by atoms with van der Waals surface area (Å²) in [5, 5.41) is 8.78. The van der Waals surface area contributed by atoms with Crippen LogP contribution in [-0.4, -0.2) is 24.5 Å².